The number of hydrazine groups is 1. The predicted octanol–water partition coefficient (Wildman–Crippen LogP) is 0.233. The second-order valence-electron chi connectivity index (χ2n) is 4.36. The number of carbonyl (C=O) groups excluding carboxylic acids is 2. The van der Waals surface area contributed by atoms with E-state index in [2.05, 4.69) is 4.74 Å². The number of allylic oxidation sites excluding steroid dienone is 1. The van der Waals surface area contributed by atoms with Crippen LogP contribution in [0.5, 0.6) is 0 Å². The molecule has 6 heteroatoms. The summed E-state index contributed by atoms with van der Waals surface area (Å²) in [6.45, 7) is 4.61. The summed E-state index contributed by atoms with van der Waals surface area (Å²) < 4.78 is 9.71. The molecule has 1 aliphatic heterocycles. The Kier molecular flexibility index (Phi) is 5.30. The largest absolute Gasteiger partial charge is 0.467 e. The number of esters is 1. The van der Waals surface area contributed by atoms with Gasteiger partial charge in [-0.25, -0.2) is 10.6 Å². The molecule has 1 atom stereocenters. The van der Waals surface area contributed by atoms with Crippen molar-refractivity contribution in [3.63, 3.8) is 0 Å². The van der Waals surface area contributed by atoms with Gasteiger partial charge in [0.1, 0.15) is 0 Å². The van der Waals surface area contributed by atoms with Crippen molar-refractivity contribution in [1.29, 1.82) is 0 Å². The molecule has 0 aromatic carbocycles. The van der Waals surface area contributed by atoms with Gasteiger partial charge in [-0.2, -0.15) is 0 Å². The standard InChI is InChI=1S/C12H20N2O4/c1-4-8(2)5-10(15)14(13)11(12(16)17-3)9-6-18-7-9/h5,9,11H,4,6-7,13H2,1-3H3/b8-5+. The highest BCUT2D eigenvalue weighted by atomic mass is 16.5. The van der Waals surface area contributed by atoms with Crippen molar-refractivity contribution in [2.45, 2.75) is 26.3 Å². The number of ether oxygens (including phenoxy) is 2. The summed E-state index contributed by atoms with van der Waals surface area (Å²) >= 11 is 0. The number of amides is 1. The number of rotatable bonds is 5. The molecule has 0 saturated carbocycles. The van der Waals surface area contributed by atoms with Crippen molar-refractivity contribution < 1.29 is 19.1 Å². The van der Waals surface area contributed by atoms with Gasteiger partial charge in [0, 0.05) is 12.0 Å². The summed E-state index contributed by atoms with van der Waals surface area (Å²) in [6, 6.07) is -0.780. The molecule has 1 aliphatic rings. The maximum Gasteiger partial charge on any atom is 0.330 e. The fourth-order valence-corrected chi connectivity index (χ4v) is 1.61. The molecular formula is C12H20N2O4. The van der Waals surface area contributed by atoms with E-state index in [0.717, 1.165) is 17.0 Å². The zero-order valence-electron chi connectivity index (χ0n) is 11.0. The molecule has 0 aromatic heterocycles. The van der Waals surface area contributed by atoms with E-state index in [1.54, 1.807) is 0 Å². The molecule has 1 rings (SSSR count). The first-order valence-electron chi connectivity index (χ1n) is 5.91. The fourth-order valence-electron chi connectivity index (χ4n) is 1.61. The van der Waals surface area contributed by atoms with Crippen molar-refractivity contribution in [3.8, 4) is 0 Å². The molecule has 6 nitrogen and oxygen atoms in total. The number of hydrogen-bond donors (Lipinski definition) is 1. The van der Waals surface area contributed by atoms with Crippen LogP contribution in [0.25, 0.3) is 0 Å². The van der Waals surface area contributed by atoms with Crippen molar-refractivity contribution >= 4 is 11.9 Å². The Labute approximate surface area is 107 Å². The number of nitrogens with two attached hydrogens (primary N) is 1. The highest BCUT2D eigenvalue weighted by Gasteiger charge is 2.39. The first-order valence-corrected chi connectivity index (χ1v) is 5.91. The number of methoxy groups -OCH3 is 1. The molecule has 18 heavy (non-hydrogen) atoms. The van der Waals surface area contributed by atoms with E-state index >= 15 is 0 Å². The first kappa shape index (κ1) is 14.7. The topological polar surface area (TPSA) is 81.9 Å². The van der Waals surface area contributed by atoms with Crippen LogP contribution in [-0.4, -0.2) is 43.3 Å². The molecule has 0 aromatic rings. The highest BCUT2D eigenvalue weighted by molar-refractivity contribution is 5.91. The first-order chi connectivity index (χ1) is 8.51. The molecule has 2 N–H and O–H groups in total. The minimum Gasteiger partial charge on any atom is -0.467 e. The van der Waals surface area contributed by atoms with Crippen LogP contribution in [0.3, 0.4) is 0 Å². The highest BCUT2D eigenvalue weighted by Crippen LogP contribution is 2.20. The molecule has 1 fully saturated rings. The molecule has 0 bridgehead atoms. The van der Waals surface area contributed by atoms with Gasteiger partial charge < -0.3 is 9.47 Å². The Morgan fingerprint density at radius 2 is 2.17 bits per heavy atom. The van der Waals surface area contributed by atoms with Gasteiger partial charge in [0.2, 0.25) is 0 Å². The normalized spacial score (nSPS) is 17.9. The Balaban J connectivity index is 2.78. The molecule has 0 radical (unpaired) electrons. The van der Waals surface area contributed by atoms with Gasteiger partial charge in [-0.3, -0.25) is 9.80 Å². The molecule has 1 unspecified atom stereocenters. The predicted molar refractivity (Wildman–Crippen MR) is 65.2 cm³/mol. The van der Waals surface area contributed by atoms with Gasteiger partial charge in [-0.1, -0.05) is 12.5 Å². The SMILES string of the molecule is CC/C(C)=C/C(=O)N(N)C(C(=O)OC)C1COC1. The van der Waals surface area contributed by atoms with Gasteiger partial charge in [-0.15, -0.1) is 0 Å². The van der Waals surface area contributed by atoms with Crippen LogP contribution in [0.2, 0.25) is 0 Å². The van der Waals surface area contributed by atoms with E-state index in [-0.39, 0.29) is 5.92 Å². The molecule has 102 valence electrons. The van der Waals surface area contributed by atoms with Crippen molar-refractivity contribution in [1.82, 2.24) is 5.01 Å². The maximum absolute atomic E-state index is 11.9. The van der Waals surface area contributed by atoms with E-state index in [4.69, 9.17) is 10.6 Å². The molecule has 1 saturated heterocycles. The zero-order valence-corrected chi connectivity index (χ0v) is 11.0. The van der Waals surface area contributed by atoms with Crippen LogP contribution in [0.4, 0.5) is 0 Å². The third kappa shape index (κ3) is 3.30. The Hall–Kier alpha value is -1.40. The fraction of sp³-hybridized carbons (Fsp3) is 0.667. The number of carbonyl (C=O) groups is 2. The molecule has 0 aliphatic carbocycles. The van der Waals surface area contributed by atoms with E-state index in [1.807, 2.05) is 13.8 Å². The van der Waals surface area contributed by atoms with Gasteiger partial charge in [0.05, 0.1) is 20.3 Å². The van der Waals surface area contributed by atoms with Gasteiger partial charge in [0.25, 0.3) is 5.91 Å². The van der Waals surface area contributed by atoms with E-state index in [1.165, 1.54) is 13.2 Å². The maximum atomic E-state index is 11.9. The molecule has 1 heterocycles. The second-order valence-corrected chi connectivity index (χ2v) is 4.36. The minimum absolute atomic E-state index is 0.0956. The summed E-state index contributed by atoms with van der Waals surface area (Å²) in [5.74, 6) is 4.73. The van der Waals surface area contributed by atoms with Crippen LogP contribution < -0.4 is 5.84 Å². The lowest BCUT2D eigenvalue weighted by Crippen LogP contribution is -2.57. The lowest BCUT2D eigenvalue weighted by molar-refractivity contribution is -0.163. The summed E-state index contributed by atoms with van der Waals surface area (Å²) in [7, 11) is 1.28. The summed E-state index contributed by atoms with van der Waals surface area (Å²) in [4.78, 5) is 23.6. The van der Waals surface area contributed by atoms with Crippen LogP contribution >= 0.6 is 0 Å². The van der Waals surface area contributed by atoms with Gasteiger partial charge in [-0.05, 0) is 13.3 Å². The van der Waals surface area contributed by atoms with Crippen LogP contribution in [0.1, 0.15) is 20.3 Å². The van der Waals surface area contributed by atoms with Crippen LogP contribution in [0.15, 0.2) is 11.6 Å². The quantitative estimate of drug-likeness (QED) is 0.250. The molecule has 0 spiro atoms. The monoisotopic (exact) mass is 256 g/mol. The van der Waals surface area contributed by atoms with Crippen molar-refractivity contribution in [2.24, 2.45) is 11.8 Å². The second kappa shape index (κ2) is 6.51. The summed E-state index contributed by atoms with van der Waals surface area (Å²) in [6.07, 6.45) is 2.20. The van der Waals surface area contributed by atoms with Crippen molar-refractivity contribution in [2.75, 3.05) is 20.3 Å². The lowest BCUT2D eigenvalue weighted by atomic mass is 9.97. The van der Waals surface area contributed by atoms with Crippen LogP contribution in [-0.2, 0) is 19.1 Å². The Morgan fingerprint density at radius 1 is 1.56 bits per heavy atom. The average Bonchev–Trinajstić information content (AvgIpc) is 2.31. The minimum atomic E-state index is -0.780. The third-order valence-corrected chi connectivity index (χ3v) is 3.03. The average molecular weight is 256 g/mol. The van der Waals surface area contributed by atoms with Crippen molar-refractivity contribution in [3.05, 3.63) is 11.6 Å². The zero-order chi connectivity index (χ0) is 13.7. The smallest absolute Gasteiger partial charge is 0.330 e. The summed E-state index contributed by atoms with van der Waals surface area (Å²) in [5.41, 5.74) is 0.906. The van der Waals surface area contributed by atoms with Gasteiger partial charge in [0.15, 0.2) is 6.04 Å². The van der Waals surface area contributed by atoms with E-state index in [0.29, 0.717) is 13.2 Å². The number of hydrogen-bond acceptors (Lipinski definition) is 5. The van der Waals surface area contributed by atoms with Crippen LogP contribution in [0, 0.1) is 5.92 Å². The van der Waals surface area contributed by atoms with E-state index in [9.17, 15) is 9.59 Å². The third-order valence-electron chi connectivity index (χ3n) is 3.03. The molecular weight excluding hydrogens is 236 g/mol. The Bertz CT molecular complexity index is 350. The number of nitrogens with zero attached hydrogens (tertiary/aromatic N) is 1. The molecule has 1 amide bonds. The lowest BCUT2D eigenvalue weighted by Gasteiger charge is -2.36. The van der Waals surface area contributed by atoms with E-state index < -0.39 is 17.9 Å². The Morgan fingerprint density at radius 3 is 2.56 bits per heavy atom. The summed E-state index contributed by atoms with van der Waals surface area (Å²) in [5, 5.41) is 0.943. The van der Waals surface area contributed by atoms with Gasteiger partial charge >= 0.3 is 5.97 Å².